The zero-order chi connectivity index (χ0) is 19.2. The van der Waals surface area contributed by atoms with Gasteiger partial charge in [-0.25, -0.2) is 0 Å². The molecule has 0 unspecified atom stereocenters. The third-order valence-electron chi connectivity index (χ3n) is 5.64. The minimum atomic E-state index is 0. The van der Waals surface area contributed by atoms with Gasteiger partial charge in [0.05, 0.1) is 6.61 Å². The maximum atomic E-state index is 5.59. The average molecular weight is 506 g/mol. The number of rotatable bonds is 5. The Hall–Kier alpha value is -1.96. The third kappa shape index (κ3) is 5.78. The van der Waals surface area contributed by atoms with Gasteiger partial charge in [0, 0.05) is 44.8 Å². The lowest BCUT2D eigenvalue weighted by Crippen LogP contribution is -2.49. The van der Waals surface area contributed by atoms with Gasteiger partial charge in [-0.3, -0.25) is 4.99 Å². The van der Waals surface area contributed by atoms with Gasteiger partial charge in [0.25, 0.3) is 0 Å². The van der Waals surface area contributed by atoms with Crippen molar-refractivity contribution in [3.05, 3.63) is 59.7 Å². The number of piperidine rings is 1. The number of ether oxygens (including phenoxy) is 1. The summed E-state index contributed by atoms with van der Waals surface area (Å²) in [5, 5.41) is 7.07. The molecule has 156 valence electrons. The van der Waals surface area contributed by atoms with Gasteiger partial charge in [-0.2, -0.15) is 0 Å². The molecule has 4 rings (SSSR count). The van der Waals surface area contributed by atoms with E-state index < -0.39 is 0 Å². The highest BCUT2D eigenvalue weighted by Gasteiger charge is 2.20. The lowest BCUT2D eigenvalue weighted by atomic mass is 10.0. The van der Waals surface area contributed by atoms with Crippen molar-refractivity contribution < 1.29 is 4.74 Å². The second kappa shape index (κ2) is 10.7. The van der Waals surface area contributed by atoms with Gasteiger partial charge in [-0.15, -0.1) is 24.0 Å². The number of nitrogens with zero attached hydrogens (tertiary/aromatic N) is 2. The van der Waals surface area contributed by atoms with Crippen molar-refractivity contribution in [2.75, 3.05) is 38.2 Å². The number of nitrogens with one attached hydrogen (secondary N) is 2. The second-order valence-electron chi connectivity index (χ2n) is 7.53. The first-order valence-corrected chi connectivity index (χ1v) is 10.3. The molecule has 6 heteroatoms. The van der Waals surface area contributed by atoms with Crippen LogP contribution >= 0.6 is 24.0 Å². The van der Waals surface area contributed by atoms with E-state index in [4.69, 9.17) is 4.74 Å². The van der Waals surface area contributed by atoms with Gasteiger partial charge in [-0.05, 0) is 48.6 Å². The van der Waals surface area contributed by atoms with Crippen LogP contribution in [-0.2, 0) is 12.8 Å². The number of para-hydroxylation sites is 1. The summed E-state index contributed by atoms with van der Waals surface area (Å²) in [4.78, 5) is 6.87. The van der Waals surface area contributed by atoms with Gasteiger partial charge in [0.15, 0.2) is 5.96 Å². The number of fused-ring (bicyclic) bond motifs is 1. The molecular weight excluding hydrogens is 475 g/mol. The van der Waals surface area contributed by atoms with Crippen LogP contribution in [0.1, 0.15) is 24.0 Å². The molecule has 0 aliphatic carbocycles. The molecule has 0 bridgehead atoms. The lowest BCUT2D eigenvalue weighted by Gasteiger charge is -2.34. The van der Waals surface area contributed by atoms with E-state index in [1.165, 1.54) is 16.8 Å². The van der Waals surface area contributed by atoms with E-state index >= 15 is 0 Å². The molecule has 2 aliphatic heterocycles. The van der Waals surface area contributed by atoms with Gasteiger partial charge < -0.3 is 20.3 Å². The molecule has 0 aromatic heterocycles. The highest BCUT2D eigenvalue weighted by molar-refractivity contribution is 14.0. The molecular formula is C23H31IN4O. The largest absolute Gasteiger partial charge is 0.493 e. The minimum absolute atomic E-state index is 0. The zero-order valence-electron chi connectivity index (χ0n) is 17.1. The standard InChI is InChI=1S/C23H30N4O.HI/c1-24-23(25-13-9-18-7-8-22-19(17-18)12-16-28-22)26-20-10-14-27(15-11-20)21-5-3-2-4-6-21;/h2-8,17,20H,9-16H2,1H3,(H2,24,25,26);1H. The first-order chi connectivity index (χ1) is 13.8. The van der Waals surface area contributed by atoms with Crippen molar-refractivity contribution >= 4 is 35.6 Å². The number of aliphatic imine (C=N–C) groups is 1. The molecule has 2 aromatic rings. The predicted octanol–water partition coefficient (Wildman–Crippen LogP) is 3.62. The van der Waals surface area contributed by atoms with E-state index in [0.29, 0.717) is 6.04 Å². The first kappa shape index (κ1) is 21.7. The second-order valence-corrected chi connectivity index (χ2v) is 7.53. The monoisotopic (exact) mass is 506 g/mol. The van der Waals surface area contributed by atoms with Gasteiger partial charge in [0.1, 0.15) is 5.75 Å². The molecule has 2 heterocycles. The molecule has 0 atom stereocenters. The van der Waals surface area contributed by atoms with Crippen LogP contribution in [0.4, 0.5) is 5.69 Å². The van der Waals surface area contributed by atoms with E-state index in [1.807, 2.05) is 7.05 Å². The molecule has 0 saturated carbocycles. The van der Waals surface area contributed by atoms with Crippen LogP contribution in [0.3, 0.4) is 0 Å². The summed E-state index contributed by atoms with van der Waals surface area (Å²) >= 11 is 0. The molecule has 2 aromatic carbocycles. The fraction of sp³-hybridized carbons (Fsp3) is 0.435. The van der Waals surface area contributed by atoms with Crippen molar-refractivity contribution in [3.63, 3.8) is 0 Å². The summed E-state index contributed by atoms with van der Waals surface area (Å²) in [5.41, 5.74) is 4.01. The van der Waals surface area contributed by atoms with Gasteiger partial charge in [0.2, 0.25) is 0 Å². The number of benzene rings is 2. The molecule has 2 aliphatic rings. The van der Waals surface area contributed by atoms with E-state index in [0.717, 1.165) is 63.6 Å². The summed E-state index contributed by atoms with van der Waals surface area (Å²) in [7, 11) is 1.85. The maximum absolute atomic E-state index is 5.59. The van der Waals surface area contributed by atoms with Gasteiger partial charge >= 0.3 is 0 Å². The summed E-state index contributed by atoms with van der Waals surface area (Å²) in [6, 6.07) is 17.7. The Morgan fingerprint density at radius 1 is 1.14 bits per heavy atom. The summed E-state index contributed by atoms with van der Waals surface area (Å²) in [6.45, 7) is 3.85. The summed E-state index contributed by atoms with van der Waals surface area (Å²) < 4.78 is 5.59. The number of guanidine groups is 1. The number of hydrogen-bond donors (Lipinski definition) is 2. The molecule has 1 saturated heterocycles. The van der Waals surface area contributed by atoms with E-state index in [1.54, 1.807) is 0 Å². The fourth-order valence-corrected chi connectivity index (χ4v) is 4.03. The maximum Gasteiger partial charge on any atom is 0.191 e. The normalized spacial score (nSPS) is 16.6. The van der Waals surface area contributed by atoms with Gasteiger partial charge in [-0.1, -0.05) is 30.3 Å². The van der Waals surface area contributed by atoms with Crippen LogP contribution < -0.4 is 20.3 Å². The predicted molar refractivity (Wildman–Crippen MR) is 131 cm³/mol. The van der Waals surface area contributed by atoms with Crippen molar-refractivity contribution in [1.29, 1.82) is 0 Å². The van der Waals surface area contributed by atoms with Crippen LogP contribution in [0.25, 0.3) is 0 Å². The van der Waals surface area contributed by atoms with E-state index in [9.17, 15) is 0 Å². The van der Waals surface area contributed by atoms with Crippen LogP contribution in [0, 0.1) is 0 Å². The fourth-order valence-electron chi connectivity index (χ4n) is 4.03. The van der Waals surface area contributed by atoms with E-state index in [-0.39, 0.29) is 24.0 Å². The number of hydrogen-bond acceptors (Lipinski definition) is 3. The smallest absolute Gasteiger partial charge is 0.191 e. The number of anilines is 1. The topological polar surface area (TPSA) is 48.9 Å². The Balaban J connectivity index is 0.00000240. The SMILES string of the molecule is CN=C(NCCc1ccc2c(c1)CCO2)NC1CCN(c2ccccc2)CC1.I. The van der Waals surface area contributed by atoms with Crippen molar-refractivity contribution in [1.82, 2.24) is 10.6 Å². The Morgan fingerprint density at radius 2 is 1.93 bits per heavy atom. The molecule has 0 radical (unpaired) electrons. The Labute approximate surface area is 191 Å². The lowest BCUT2D eigenvalue weighted by molar-refractivity contribution is 0.357. The molecule has 0 amide bonds. The molecule has 5 nitrogen and oxygen atoms in total. The van der Waals surface area contributed by atoms with Crippen molar-refractivity contribution in [3.8, 4) is 5.75 Å². The van der Waals surface area contributed by atoms with E-state index in [2.05, 4.69) is 69.1 Å². The van der Waals surface area contributed by atoms with Crippen LogP contribution in [0.5, 0.6) is 5.75 Å². The zero-order valence-corrected chi connectivity index (χ0v) is 19.4. The molecule has 29 heavy (non-hydrogen) atoms. The Morgan fingerprint density at radius 3 is 2.69 bits per heavy atom. The van der Waals surface area contributed by atoms with Crippen LogP contribution in [0.2, 0.25) is 0 Å². The highest BCUT2D eigenvalue weighted by atomic mass is 127. The van der Waals surface area contributed by atoms with Crippen LogP contribution in [0.15, 0.2) is 53.5 Å². The summed E-state index contributed by atoms with van der Waals surface area (Å²) in [5.74, 6) is 1.96. The quantitative estimate of drug-likeness (QED) is 0.370. The number of halogens is 1. The molecule has 1 fully saturated rings. The Bertz CT molecular complexity index is 804. The minimum Gasteiger partial charge on any atom is -0.493 e. The molecule has 0 spiro atoms. The Kier molecular flexibility index (Phi) is 8.03. The van der Waals surface area contributed by atoms with Crippen molar-refractivity contribution in [2.45, 2.75) is 31.7 Å². The van der Waals surface area contributed by atoms with Crippen LogP contribution in [-0.4, -0.2) is 45.3 Å². The average Bonchev–Trinajstić information content (AvgIpc) is 3.22. The first-order valence-electron chi connectivity index (χ1n) is 10.3. The molecule has 2 N–H and O–H groups in total. The van der Waals surface area contributed by atoms with Crippen molar-refractivity contribution in [2.24, 2.45) is 4.99 Å². The highest BCUT2D eigenvalue weighted by Crippen LogP contribution is 2.26. The summed E-state index contributed by atoms with van der Waals surface area (Å²) in [6.07, 6.45) is 4.27. The third-order valence-corrected chi connectivity index (χ3v) is 5.64.